The van der Waals surface area contributed by atoms with Crippen molar-refractivity contribution in [3.63, 3.8) is 0 Å². The second-order valence-electron chi connectivity index (χ2n) is 5.73. The zero-order chi connectivity index (χ0) is 16.5. The molecule has 122 valence electrons. The first-order valence-electron chi connectivity index (χ1n) is 7.80. The van der Waals surface area contributed by atoms with Gasteiger partial charge in [0.1, 0.15) is 11.5 Å². The van der Waals surface area contributed by atoms with Gasteiger partial charge in [-0.3, -0.25) is 4.79 Å². The van der Waals surface area contributed by atoms with Gasteiger partial charge in [0.25, 0.3) is 5.91 Å². The molecule has 0 fully saturated rings. The maximum absolute atomic E-state index is 11.8. The van der Waals surface area contributed by atoms with Gasteiger partial charge in [-0.25, -0.2) is 0 Å². The second kappa shape index (κ2) is 8.83. The number of rotatable bonds is 8. The smallest absolute Gasteiger partial charge is 0.258 e. The molecule has 23 heavy (non-hydrogen) atoms. The fourth-order valence-corrected chi connectivity index (χ4v) is 1.91. The first kappa shape index (κ1) is 16.9. The number of carbonyl (C=O) groups is 1. The summed E-state index contributed by atoms with van der Waals surface area (Å²) in [5.74, 6) is 1.69. The molecule has 0 heterocycles. The average molecular weight is 313 g/mol. The number of carbonyl (C=O) groups excluding carboxylic acids is 1. The van der Waals surface area contributed by atoms with E-state index in [1.54, 1.807) is 6.07 Å². The fraction of sp³-hybridized carbons (Fsp3) is 0.316. The maximum Gasteiger partial charge on any atom is 0.258 e. The third-order valence-corrected chi connectivity index (χ3v) is 3.09. The normalized spacial score (nSPS) is 10.4. The van der Waals surface area contributed by atoms with Crippen LogP contribution in [0.2, 0.25) is 0 Å². The van der Waals surface area contributed by atoms with Crippen molar-refractivity contribution in [3.05, 3.63) is 60.2 Å². The number of ether oxygens (including phenoxy) is 2. The Morgan fingerprint density at radius 3 is 2.39 bits per heavy atom. The lowest BCUT2D eigenvalue weighted by Crippen LogP contribution is -2.28. The summed E-state index contributed by atoms with van der Waals surface area (Å²) < 4.78 is 11.2. The van der Waals surface area contributed by atoms with E-state index in [9.17, 15) is 4.79 Å². The Balaban J connectivity index is 1.76. The molecule has 0 saturated heterocycles. The second-order valence-corrected chi connectivity index (χ2v) is 5.73. The van der Waals surface area contributed by atoms with Crippen LogP contribution in [-0.2, 0) is 11.3 Å². The molecule has 0 unspecified atom stereocenters. The minimum absolute atomic E-state index is 0.0134. The van der Waals surface area contributed by atoms with E-state index < -0.39 is 0 Å². The first-order chi connectivity index (χ1) is 11.1. The average Bonchev–Trinajstić information content (AvgIpc) is 2.57. The molecule has 0 radical (unpaired) electrons. The Hall–Kier alpha value is -2.49. The maximum atomic E-state index is 11.8. The lowest BCUT2D eigenvalue weighted by atomic mass is 10.2. The van der Waals surface area contributed by atoms with Crippen LogP contribution < -0.4 is 14.8 Å². The molecule has 2 rings (SSSR count). The van der Waals surface area contributed by atoms with Crippen LogP contribution in [0.1, 0.15) is 19.4 Å². The third-order valence-electron chi connectivity index (χ3n) is 3.09. The van der Waals surface area contributed by atoms with Gasteiger partial charge in [0.2, 0.25) is 0 Å². The van der Waals surface area contributed by atoms with Crippen molar-refractivity contribution in [2.24, 2.45) is 5.92 Å². The summed E-state index contributed by atoms with van der Waals surface area (Å²) in [6, 6.07) is 17.1. The molecular formula is C19H23NO3. The van der Waals surface area contributed by atoms with Gasteiger partial charge in [-0.05, 0) is 23.6 Å². The lowest BCUT2D eigenvalue weighted by Gasteiger charge is -2.11. The first-order valence-corrected chi connectivity index (χ1v) is 7.80. The fourth-order valence-electron chi connectivity index (χ4n) is 1.91. The minimum atomic E-state index is -0.151. The van der Waals surface area contributed by atoms with Crippen molar-refractivity contribution < 1.29 is 14.3 Å². The van der Waals surface area contributed by atoms with Crippen molar-refractivity contribution in [1.82, 2.24) is 5.32 Å². The Bertz CT molecular complexity index is 611. The molecule has 2 aromatic carbocycles. The molecule has 2 aromatic rings. The quantitative estimate of drug-likeness (QED) is 0.812. The number of nitrogens with one attached hydrogen (secondary N) is 1. The van der Waals surface area contributed by atoms with E-state index in [0.29, 0.717) is 24.8 Å². The van der Waals surface area contributed by atoms with E-state index in [0.717, 1.165) is 11.3 Å². The van der Waals surface area contributed by atoms with Gasteiger partial charge in [0, 0.05) is 12.6 Å². The molecule has 0 aliphatic rings. The lowest BCUT2D eigenvalue weighted by molar-refractivity contribution is -0.123. The highest BCUT2D eigenvalue weighted by Crippen LogP contribution is 2.19. The van der Waals surface area contributed by atoms with Crippen LogP contribution in [0.4, 0.5) is 0 Å². The highest BCUT2D eigenvalue weighted by atomic mass is 16.5. The van der Waals surface area contributed by atoms with Crippen molar-refractivity contribution in [1.29, 1.82) is 0 Å². The van der Waals surface area contributed by atoms with E-state index in [1.165, 1.54) is 0 Å². The molecule has 4 heteroatoms. The summed E-state index contributed by atoms with van der Waals surface area (Å²) in [4.78, 5) is 11.8. The third kappa shape index (κ3) is 6.43. The molecule has 0 aliphatic carbocycles. The highest BCUT2D eigenvalue weighted by Gasteiger charge is 2.04. The Morgan fingerprint density at radius 1 is 1.00 bits per heavy atom. The summed E-state index contributed by atoms with van der Waals surface area (Å²) in [5, 5.41) is 2.83. The Kier molecular flexibility index (Phi) is 6.48. The number of amides is 1. The molecule has 0 bridgehead atoms. The SMILES string of the molecule is CC(C)COc1cccc(OCC(=O)NCc2ccccc2)c1. The minimum Gasteiger partial charge on any atom is -0.493 e. The van der Waals surface area contributed by atoms with Crippen LogP contribution in [0.5, 0.6) is 11.5 Å². The van der Waals surface area contributed by atoms with Gasteiger partial charge in [-0.2, -0.15) is 0 Å². The van der Waals surface area contributed by atoms with Crippen LogP contribution in [0, 0.1) is 5.92 Å². The highest BCUT2D eigenvalue weighted by molar-refractivity contribution is 5.77. The molecule has 0 spiro atoms. The largest absolute Gasteiger partial charge is 0.493 e. The van der Waals surface area contributed by atoms with Crippen molar-refractivity contribution in [2.45, 2.75) is 20.4 Å². The van der Waals surface area contributed by atoms with Gasteiger partial charge in [-0.1, -0.05) is 50.2 Å². The van der Waals surface area contributed by atoms with E-state index >= 15 is 0 Å². The predicted octanol–water partition coefficient (Wildman–Crippen LogP) is 3.42. The standard InChI is InChI=1S/C19H23NO3/c1-15(2)13-22-17-9-6-10-18(11-17)23-14-19(21)20-12-16-7-4-3-5-8-16/h3-11,15H,12-14H2,1-2H3,(H,20,21). The molecule has 0 aromatic heterocycles. The molecule has 0 aliphatic heterocycles. The van der Waals surface area contributed by atoms with Crippen LogP contribution in [0.25, 0.3) is 0 Å². The van der Waals surface area contributed by atoms with Gasteiger partial charge in [0.15, 0.2) is 6.61 Å². The van der Waals surface area contributed by atoms with Gasteiger partial charge < -0.3 is 14.8 Å². The van der Waals surface area contributed by atoms with Gasteiger partial charge >= 0.3 is 0 Å². The summed E-state index contributed by atoms with van der Waals surface area (Å²) in [6.07, 6.45) is 0. The number of hydrogen-bond acceptors (Lipinski definition) is 3. The van der Waals surface area contributed by atoms with E-state index in [1.807, 2.05) is 48.5 Å². The van der Waals surface area contributed by atoms with Crippen LogP contribution in [-0.4, -0.2) is 19.1 Å². The molecular weight excluding hydrogens is 290 g/mol. The van der Waals surface area contributed by atoms with Gasteiger partial charge in [-0.15, -0.1) is 0 Å². The van der Waals surface area contributed by atoms with E-state index in [-0.39, 0.29) is 12.5 Å². The predicted molar refractivity (Wildman–Crippen MR) is 90.6 cm³/mol. The van der Waals surface area contributed by atoms with Crippen LogP contribution >= 0.6 is 0 Å². The Morgan fingerprint density at radius 2 is 1.70 bits per heavy atom. The molecule has 4 nitrogen and oxygen atoms in total. The van der Waals surface area contributed by atoms with Crippen molar-refractivity contribution in [2.75, 3.05) is 13.2 Å². The summed E-state index contributed by atoms with van der Waals surface area (Å²) in [7, 11) is 0. The van der Waals surface area contributed by atoms with Crippen molar-refractivity contribution >= 4 is 5.91 Å². The molecule has 1 N–H and O–H groups in total. The Labute approximate surface area is 137 Å². The van der Waals surface area contributed by atoms with Crippen LogP contribution in [0.15, 0.2) is 54.6 Å². The van der Waals surface area contributed by atoms with Crippen molar-refractivity contribution in [3.8, 4) is 11.5 Å². The summed E-state index contributed by atoms with van der Waals surface area (Å²) in [5.41, 5.74) is 1.06. The number of hydrogen-bond donors (Lipinski definition) is 1. The van der Waals surface area contributed by atoms with Crippen LogP contribution in [0.3, 0.4) is 0 Å². The zero-order valence-corrected chi connectivity index (χ0v) is 13.6. The summed E-state index contributed by atoms with van der Waals surface area (Å²) >= 11 is 0. The zero-order valence-electron chi connectivity index (χ0n) is 13.6. The van der Waals surface area contributed by atoms with E-state index in [2.05, 4.69) is 19.2 Å². The molecule has 1 amide bonds. The molecule has 0 atom stereocenters. The topological polar surface area (TPSA) is 47.6 Å². The number of benzene rings is 2. The monoisotopic (exact) mass is 313 g/mol. The van der Waals surface area contributed by atoms with E-state index in [4.69, 9.17) is 9.47 Å². The summed E-state index contributed by atoms with van der Waals surface area (Å²) in [6.45, 7) is 5.33. The van der Waals surface area contributed by atoms with Gasteiger partial charge in [0.05, 0.1) is 6.61 Å². The molecule has 0 saturated carbocycles.